The van der Waals surface area contributed by atoms with E-state index in [2.05, 4.69) is 68.8 Å². The predicted octanol–water partition coefficient (Wildman–Crippen LogP) is -3.14. The third kappa shape index (κ3) is 32.2. The highest BCUT2D eigenvalue weighted by Gasteiger charge is 2.53. The van der Waals surface area contributed by atoms with Gasteiger partial charge in [0.05, 0.1) is 73.0 Å². The zero-order valence-electron chi connectivity index (χ0n) is 70.6. The highest BCUT2D eigenvalue weighted by atomic mass is 33.1. The largest absolute Gasteiger partial charge is 0.493 e. The van der Waals surface area contributed by atoms with Crippen molar-refractivity contribution in [2.75, 3.05) is 56.7 Å². The number of aromatic nitrogens is 1. The Balaban J connectivity index is 1.01. The zero-order chi connectivity index (χ0) is 93.9. The molecule has 128 heavy (non-hydrogen) atoms. The van der Waals surface area contributed by atoms with Gasteiger partial charge in [-0.3, -0.25) is 76.6 Å². The average Bonchev–Trinajstić information content (AvgIpc) is 1.62. The quantitative estimate of drug-likeness (QED) is 0.0118. The van der Waals surface area contributed by atoms with Crippen LogP contribution in [0.5, 0.6) is 5.75 Å². The Morgan fingerprint density at radius 2 is 1.25 bits per heavy atom. The topological polar surface area (TPSA) is 677 Å². The number of nitrogens with one attached hydrogen (secondary N) is 14. The Bertz CT molecular complexity index is 4630. The molecule has 0 radical (unpaired) electrons. The molecule has 0 spiro atoms. The fourth-order valence-electron chi connectivity index (χ4n) is 14.2. The molecule has 3 aliphatic heterocycles. The monoisotopic (exact) mass is 1850 g/mol. The Morgan fingerprint density at radius 1 is 0.656 bits per heavy atom. The second kappa shape index (κ2) is 51.2. The molecule has 2 bridgehead atoms. The number of rotatable bonds is 44. The molecule has 4 heterocycles. The Labute approximate surface area is 745 Å². The maximum Gasteiger partial charge on any atom is 0.327 e. The Kier molecular flexibility index (Phi) is 41.3. The number of aldehydes is 1. The van der Waals surface area contributed by atoms with Crippen molar-refractivity contribution in [3.8, 4) is 5.75 Å². The molecule has 23 N–H and O–H groups in total. The standard InChI is InChI=1S/C82H112N16O27S3/c1-4-44(2)68-74(114)86-37-65(106)88-60-42-128(124)76-51(34-57(70(110)85-38-66(107)96-68)90-75(115)69(45(3)61(102)40-99)97-82(43-100)36-48(101)39-98(82)77(116)58(35-62(83)103)91-73(60)113)50-23-22-49(33-54(50)93-76)125-29-16-30-126-127-41-59(80(121)122)92-72(112)56(32-47-19-12-9-13-20-47)89-71(111)55(31-46-17-10-8-11-18-46)87-64(105)21-14-6-5-7-15-28-84-63(104)26-24-52(78(117)118)94-81(123)95-53(79(119)120)25-27-67(108)109/h8-13,17-20,22-23,33,43-45,48,52-53,55-61,68-69,93,97,99,101-102H,4-7,14-16,21,24-32,34-42H2,1-3H3,(H2,83,103)(H,84,104)(H,85,110)(H,86,114)(H,87,105)(H,88,106)(H,89,111)(H,90,115)(H,91,113)(H,92,112)(H,96,107)(H,108,109)(H,117,118)(H,119,120)(H,121,122)(H2,94,95,123)/t44-,45-,48+,52?,53?,55-,56-,57?,58-,59?,60?,61-,68-,69-,82-,128?/m0/s1. The Hall–Kier alpha value is -11.8. The minimum Gasteiger partial charge on any atom is -0.493 e. The van der Waals surface area contributed by atoms with Crippen LogP contribution in [0.1, 0.15) is 127 Å². The van der Waals surface area contributed by atoms with E-state index in [1.54, 1.807) is 74.5 Å². The lowest BCUT2D eigenvalue weighted by Gasteiger charge is -2.41. The van der Waals surface area contributed by atoms with Gasteiger partial charge in [0.2, 0.25) is 70.9 Å². The molecule has 46 heteroatoms. The SMILES string of the molecule is CC[C@H](C)[C@@H]1NC(=O)CNC(=O)C2Cc3c([nH]c4cc(OCCCSSCC(NC(=O)[C@H](Cc5ccccc5)NC(=O)[C@H](Cc5ccccc5)NC(=O)CCCCCCCNC(=O)CCC(NC(=O)NC(CCC(=O)O)C(=O)O)C(=O)O)C(=O)O)ccc34)S(=O)CC(NC(=O)CNC1=O)C(=O)N[C@@H](CC(N)=O)C(=O)N1C[C@H](O)C[C@]1(C=O)N[C@@H]([C@@H](C)[C@@H](O)CO)C(=O)N2. The summed E-state index contributed by atoms with van der Waals surface area (Å²) in [4.78, 5) is 245. The van der Waals surface area contributed by atoms with Crippen LogP contribution >= 0.6 is 21.6 Å². The number of carboxylic acids is 4. The summed E-state index contributed by atoms with van der Waals surface area (Å²) in [5, 5.41) is 103. The number of nitrogens with two attached hydrogens (primary N) is 1. The number of fused-ring (bicyclic) bond motifs is 5. The maximum atomic E-state index is 15.3. The fourth-order valence-corrected chi connectivity index (χ4v) is 17.8. The maximum absolute atomic E-state index is 15.3. The van der Waals surface area contributed by atoms with E-state index in [4.69, 9.17) is 15.6 Å². The van der Waals surface area contributed by atoms with Crippen molar-refractivity contribution >= 4 is 150 Å². The molecule has 6 unspecified atom stereocenters. The molecule has 1 aromatic heterocycles. The summed E-state index contributed by atoms with van der Waals surface area (Å²) in [5.41, 5.74) is 4.70. The summed E-state index contributed by atoms with van der Waals surface area (Å²) in [6.45, 7) is 1.51. The number of aliphatic carboxylic acids is 4. The van der Waals surface area contributed by atoms with E-state index < -0.39 is 266 Å². The molecule has 16 atom stereocenters. The second-order valence-electron chi connectivity index (χ2n) is 31.2. The normalized spacial score (nSPS) is 21.4. The number of aliphatic hydroxyl groups is 3. The van der Waals surface area contributed by atoms with Crippen molar-refractivity contribution in [2.45, 2.75) is 213 Å². The van der Waals surface area contributed by atoms with E-state index in [0.29, 0.717) is 61.8 Å². The third-order valence-electron chi connectivity index (χ3n) is 21.5. The van der Waals surface area contributed by atoms with Gasteiger partial charge in [-0.05, 0) is 66.8 Å². The molecule has 700 valence electrons. The number of nitrogens with zero attached hydrogens (tertiary/aromatic N) is 1. The number of amides is 14. The van der Waals surface area contributed by atoms with Crippen molar-refractivity contribution in [3.05, 3.63) is 95.6 Å². The number of aliphatic hydroxyl groups excluding tert-OH is 3. The number of unbranched alkanes of at least 4 members (excludes halogenated alkanes) is 4. The molecule has 3 aromatic carbocycles. The molecular weight excluding hydrogens is 1740 g/mol. The van der Waals surface area contributed by atoms with Gasteiger partial charge >= 0.3 is 29.9 Å². The van der Waals surface area contributed by atoms with E-state index in [9.17, 15) is 112 Å². The summed E-state index contributed by atoms with van der Waals surface area (Å²) < 4.78 is 21.4. The van der Waals surface area contributed by atoms with E-state index in [0.717, 1.165) is 15.7 Å². The predicted molar refractivity (Wildman–Crippen MR) is 461 cm³/mol. The van der Waals surface area contributed by atoms with Crippen LogP contribution in [0.2, 0.25) is 0 Å². The molecule has 0 saturated carbocycles. The molecule has 7 rings (SSSR count). The van der Waals surface area contributed by atoms with Crippen LogP contribution in [-0.2, 0) is 112 Å². The van der Waals surface area contributed by atoms with Crippen LogP contribution in [-0.4, -0.2) is 292 Å². The van der Waals surface area contributed by atoms with Crippen LogP contribution < -0.4 is 79.6 Å². The number of ether oxygens (including phenoxy) is 1. The van der Waals surface area contributed by atoms with Gasteiger partial charge in [-0.1, -0.05) is 129 Å². The van der Waals surface area contributed by atoms with Crippen molar-refractivity contribution in [1.82, 2.24) is 79.0 Å². The number of benzene rings is 3. The molecule has 43 nitrogen and oxygen atoms in total. The number of carbonyl (C=O) groups excluding carboxylic acids is 14. The Morgan fingerprint density at radius 3 is 1.85 bits per heavy atom. The number of aromatic amines is 1. The van der Waals surface area contributed by atoms with Gasteiger partial charge in [0.1, 0.15) is 65.2 Å². The highest BCUT2D eigenvalue weighted by Crippen LogP contribution is 2.33. The van der Waals surface area contributed by atoms with Gasteiger partial charge in [0, 0.05) is 86.9 Å². The molecule has 14 amide bonds. The first kappa shape index (κ1) is 103. The lowest BCUT2D eigenvalue weighted by Crippen LogP contribution is -2.69. The third-order valence-corrected chi connectivity index (χ3v) is 25.4. The number of hydrogen-bond acceptors (Lipinski definition) is 26. The molecular formula is C82H112N16O27S3. The minimum atomic E-state index is -2.52. The fraction of sp³-hybridized carbons (Fsp3) is 0.537. The number of hydrogen-bond donors (Lipinski definition) is 22. The second-order valence-corrected chi connectivity index (χ2v) is 35.3. The molecule has 3 aliphatic rings. The van der Waals surface area contributed by atoms with Gasteiger partial charge < -0.3 is 120 Å². The van der Waals surface area contributed by atoms with Gasteiger partial charge in [0.15, 0.2) is 11.9 Å². The molecule has 4 aromatic rings. The number of H-pyrrole nitrogens is 1. The first-order chi connectivity index (χ1) is 60.9. The number of carbonyl (C=O) groups is 18. The lowest BCUT2D eigenvalue weighted by molar-refractivity contribution is -0.147. The van der Waals surface area contributed by atoms with E-state index in [1.807, 2.05) is 5.32 Å². The van der Waals surface area contributed by atoms with Crippen LogP contribution in [0, 0.1) is 11.8 Å². The number of urea groups is 1. The van der Waals surface area contributed by atoms with Crippen LogP contribution in [0.15, 0.2) is 83.9 Å². The molecule has 1 saturated heterocycles. The number of carboxylic acid groups (broad SMARTS) is 4. The van der Waals surface area contributed by atoms with Crippen molar-refractivity contribution in [2.24, 2.45) is 17.6 Å². The molecule has 0 aliphatic carbocycles. The summed E-state index contributed by atoms with van der Waals surface area (Å²) in [7, 11) is -0.161. The van der Waals surface area contributed by atoms with Gasteiger partial charge in [-0.15, -0.1) is 0 Å². The minimum absolute atomic E-state index is 0.00761. The molecule has 1 fully saturated rings. The summed E-state index contributed by atoms with van der Waals surface area (Å²) >= 11 is 0. The van der Waals surface area contributed by atoms with Gasteiger partial charge in [-0.2, -0.15) is 0 Å². The van der Waals surface area contributed by atoms with E-state index >= 15 is 9.00 Å². The number of primary amides is 1. The summed E-state index contributed by atoms with van der Waals surface area (Å²) in [6, 6.07) is 4.49. The first-order valence-electron chi connectivity index (χ1n) is 41.6. The zero-order valence-corrected chi connectivity index (χ0v) is 73.0. The van der Waals surface area contributed by atoms with Crippen LogP contribution in [0.3, 0.4) is 0 Å². The first-order valence-corrected chi connectivity index (χ1v) is 45.4. The van der Waals surface area contributed by atoms with E-state index in [-0.39, 0.29) is 84.5 Å². The average molecular weight is 1850 g/mol. The van der Waals surface area contributed by atoms with Crippen LogP contribution in [0.25, 0.3) is 10.9 Å². The van der Waals surface area contributed by atoms with Crippen molar-refractivity contribution < 1.29 is 131 Å². The smallest absolute Gasteiger partial charge is 0.327 e. The van der Waals surface area contributed by atoms with Gasteiger partial charge in [-0.25, -0.2) is 19.2 Å². The summed E-state index contributed by atoms with van der Waals surface area (Å²) in [5.74, 6) is -19.6. The van der Waals surface area contributed by atoms with Crippen molar-refractivity contribution in [1.29, 1.82) is 0 Å². The van der Waals surface area contributed by atoms with Crippen LogP contribution in [0.4, 0.5) is 4.79 Å². The van der Waals surface area contributed by atoms with Gasteiger partial charge in [0.25, 0.3) is 0 Å². The van der Waals surface area contributed by atoms with Crippen molar-refractivity contribution in [3.63, 3.8) is 0 Å². The lowest BCUT2D eigenvalue weighted by atomic mass is 9.92. The summed E-state index contributed by atoms with van der Waals surface area (Å²) in [6.07, 6.45) is -3.77. The highest BCUT2D eigenvalue weighted by molar-refractivity contribution is 8.76. The van der Waals surface area contributed by atoms with E-state index in [1.165, 1.54) is 35.9 Å².